The van der Waals surface area contributed by atoms with Crippen LogP contribution in [0.1, 0.15) is 44.3 Å². The topological polar surface area (TPSA) is 29.5 Å². The molecule has 1 saturated carbocycles. The number of rotatable bonds is 2. The minimum Gasteiger partial charge on any atom is -0.487 e. The molecule has 1 aromatic rings. The third-order valence-electron chi connectivity index (χ3n) is 3.73. The first-order chi connectivity index (χ1) is 8.06. The van der Waals surface area contributed by atoms with Crippen LogP contribution in [0.25, 0.3) is 0 Å². The third-order valence-corrected chi connectivity index (χ3v) is 3.73. The Hall–Kier alpha value is -1.09. The molecule has 0 bridgehead atoms. The summed E-state index contributed by atoms with van der Waals surface area (Å²) in [6.07, 6.45) is 3.53. The zero-order chi connectivity index (χ0) is 12.0. The number of aliphatic hydroxyl groups excluding tert-OH is 1. The lowest BCUT2D eigenvalue weighted by molar-refractivity contribution is -0.0107. The molecule has 1 aromatic carbocycles. The van der Waals surface area contributed by atoms with Crippen molar-refractivity contribution in [3.8, 4) is 5.75 Å². The Labute approximate surface area is 100 Å². The summed E-state index contributed by atoms with van der Waals surface area (Å²) in [6, 6.07) is 4.36. The molecule has 0 spiro atoms. The highest BCUT2D eigenvalue weighted by molar-refractivity contribution is 5.38. The molecule has 0 saturated heterocycles. The molecule has 1 aliphatic heterocycles. The Balaban J connectivity index is 1.89. The lowest BCUT2D eigenvalue weighted by Crippen LogP contribution is -2.38. The lowest BCUT2D eigenvalue weighted by atomic mass is 9.86. The van der Waals surface area contributed by atoms with Gasteiger partial charge in [-0.15, -0.1) is 0 Å². The van der Waals surface area contributed by atoms with E-state index in [4.69, 9.17) is 4.74 Å². The molecule has 2 unspecified atom stereocenters. The van der Waals surface area contributed by atoms with Gasteiger partial charge in [0.15, 0.2) is 0 Å². The number of hydrogen-bond acceptors (Lipinski definition) is 2. The minimum absolute atomic E-state index is 0.313. The zero-order valence-electron chi connectivity index (χ0n) is 9.95. The van der Waals surface area contributed by atoms with Crippen molar-refractivity contribution >= 4 is 0 Å². The maximum absolute atomic E-state index is 13.2. The van der Waals surface area contributed by atoms with Gasteiger partial charge in [-0.2, -0.15) is 0 Å². The average Bonchev–Trinajstić information content (AvgIpc) is 2.99. The SMILES string of the molecule is CC1(CC2CC2)CC(O)c2ccc(F)cc2O1. The van der Waals surface area contributed by atoms with E-state index in [9.17, 15) is 9.50 Å². The van der Waals surface area contributed by atoms with Crippen LogP contribution in [0, 0.1) is 11.7 Å². The van der Waals surface area contributed by atoms with Crippen LogP contribution in [0.3, 0.4) is 0 Å². The second kappa shape index (κ2) is 3.70. The number of hydrogen-bond donors (Lipinski definition) is 1. The van der Waals surface area contributed by atoms with Crippen LogP contribution >= 0.6 is 0 Å². The van der Waals surface area contributed by atoms with Gasteiger partial charge in [-0.25, -0.2) is 4.39 Å². The summed E-state index contributed by atoms with van der Waals surface area (Å²) in [5.74, 6) is 0.917. The summed E-state index contributed by atoms with van der Waals surface area (Å²) < 4.78 is 19.1. The molecule has 0 aromatic heterocycles. The molecule has 1 heterocycles. The van der Waals surface area contributed by atoms with E-state index >= 15 is 0 Å². The second-order valence-electron chi connectivity index (χ2n) is 5.60. The van der Waals surface area contributed by atoms with Crippen molar-refractivity contribution in [3.05, 3.63) is 29.6 Å². The van der Waals surface area contributed by atoms with E-state index in [0.29, 0.717) is 17.7 Å². The highest BCUT2D eigenvalue weighted by Crippen LogP contribution is 2.46. The van der Waals surface area contributed by atoms with Crippen LogP contribution < -0.4 is 4.74 Å². The summed E-state index contributed by atoms with van der Waals surface area (Å²) in [5.41, 5.74) is 0.362. The number of halogens is 1. The van der Waals surface area contributed by atoms with Gasteiger partial charge in [0, 0.05) is 18.1 Å². The summed E-state index contributed by atoms with van der Waals surface area (Å²) in [6.45, 7) is 2.02. The van der Waals surface area contributed by atoms with Crippen molar-refractivity contribution in [2.24, 2.45) is 5.92 Å². The molecular formula is C14H17FO2. The lowest BCUT2D eigenvalue weighted by Gasteiger charge is -2.38. The van der Waals surface area contributed by atoms with Gasteiger partial charge in [0.05, 0.1) is 6.10 Å². The standard InChI is InChI=1S/C14H17FO2/c1-14(7-9-2-3-9)8-12(16)11-5-4-10(15)6-13(11)17-14/h4-6,9,12,16H,2-3,7-8H2,1H3. The Bertz CT molecular complexity index is 442. The van der Waals surface area contributed by atoms with Crippen molar-refractivity contribution in [1.29, 1.82) is 0 Å². The van der Waals surface area contributed by atoms with E-state index in [-0.39, 0.29) is 11.4 Å². The van der Waals surface area contributed by atoms with E-state index < -0.39 is 6.10 Å². The van der Waals surface area contributed by atoms with Gasteiger partial charge in [-0.05, 0) is 31.4 Å². The van der Waals surface area contributed by atoms with Crippen LogP contribution in [0.15, 0.2) is 18.2 Å². The van der Waals surface area contributed by atoms with Gasteiger partial charge in [0.1, 0.15) is 17.2 Å². The van der Waals surface area contributed by atoms with Gasteiger partial charge < -0.3 is 9.84 Å². The molecule has 0 radical (unpaired) electrons. The Morgan fingerprint density at radius 2 is 2.24 bits per heavy atom. The van der Waals surface area contributed by atoms with E-state index in [2.05, 4.69) is 0 Å². The second-order valence-corrected chi connectivity index (χ2v) is 5.60. The fourth-order valence-electron chi connectivity index (χ4n) is 2.76. The highest BCUT2D eigenvalue weighted by Gasteiger charge is 2.40. The van der Waals surface area contributed by atoms with E-state index in [1.165, 1.54) is 25.0 Å². The van der Waals surface area contributed by atoms with E-state index in [1.807, 2.05) is 6.92 Å². The molecule has 2 atom stereocenters. The maximum atomic E-state index is 13.2. The van der Waals surface area contributed by atoms with E-state index in [0.717, 1.165) is 12.3 Å². The Morgan fingerprint density at radius 3 is 2.94 bits per heavy atom. The van der Waals surface area contributed by atoms with Crippen LogP contribution in [0.2, 0.25) is 0 Å². The molecule has 2 nitrogen and oxygen atoms in total. The van der Waals surface area contributed by atoms with Crippen LogP contribution in [-0.4, -0.2) is 10.7 Å². The molecule has 1 aliphatic carbocycles. The number of fused-ring (bicyclic) bond motifs is 1. The molecule has 17 heavy (non-hydrogen) atoms. The zero-order valence-corrected chi connectivity index (χ0v) is 9.95. The van der Waals surface area contributed by atoms with Gasteiger partial charge in [0.2, 0.25) is 0 Å². The number of benzene rings is 1. The summed E-state index contributed by atoms with van der Waals surface area (Å²) in [4.78, 5) is 0. The molecule has 2 aliphatic rings. The molecule has 3 rings (SSSR count). The minimum atomic E-state index is -0.539. The number of aliphatic hydroxyl groups is 1. The molecule has 1 fully saturated rings. The molecule has 3 heteroatoms. The fraction of sp³-hybridized carbons (Fsp3) is 0.571. The van der Waals surface area contributed by atoms with Crippen molar-refractivity contribution in [2.45, 2.75) is 44.3 Å². The highest BCUT2D eigenvalue weighted by atomic mass is 19.1. The summed E-state index contributed by atoms with van der Waals surface area (Å²) in [7, 11) is 0. The van der Waals surface area contributed by atoms with Crippen LogP contribution in [-0.2, 0) is 0 Å². The number of ether oxygens (including phenoxy) is 1. The first-order valence-corrected chi connectivity index (χ1v) is 6.22. The molecular weight excluding hydrogens is 219 g/mol. The van der Waals surface area contributed by atoms with Crippen molar-refractivity contribution < 1.29 is 14.2 Å². The fourth-order valence-corrected chi connectivity index (χ4v) is 2.76. The van der Waals surface area contributed by atoms with Crippen LogP contribution in [0.4, 0.5) is 4.39 Å². The van der Waals surface area contributed by atoms with E-state index in [1.54, 1.807) is 6.07 Å². The van der Waals surface area contributed by atoms with Crippen molar-refractivity contribution in [3.63, 3.8) is 0 Å². The normalized spacial score (nSPS) is 31.8. The predicted molar refractivity (Wildman–Crippen MR) is 62.4 cm³/mol. The third kappa shape index (κ3) is 2.16. The van der Waals surface area contributed by atoms with Gasteiger partial charge in [-0.1, -0.05) is 12.8 Å². The molecule has 0 amide bonds. The molecule has 1 N–H and O–H groups in total. The molecule has 92 valence electrons. The maximum Gasteiger partial charge on any atom is 0.128 e. The van der Waals surface area contributed by atoms with Gasteiger partial charge >= 0.3 is 0 Å². The Morgan fingerprint density at radius 1 is 1.47 bits per heavy atom. The van der Waals surface area contributed by atoms with Gasteiger partial charge in [0.25, 0.3) is 0 Å². The smallest absolute Gasteiger partial charge is 0.128 e. The van der Waals surface area contributed by atoms with Crippen molar-refractivity contribution in [2.75, 3.05) is 0 Å². The average molecular weight is 236 g/mol. The predicted octanol–water partition coefficient (Wildman–Crippen LogP) is 3.20. The monoisotopic (exact) mass is 236 g/mol. The van der Waals surface area contributed by atoms with Gasteiger partial charge in [-0.3, -0.25) is 0 Å². The van der Waals surface area contributed by atoms with Crippen molar-refractivity contribution in [1.82, 2.24) is 0 Å². The van der Waals surface area contributed by atoms with Crippen LogP contribution in [0.5, 0.6) is 5.75 Å². The quantitative estimate of drug-likeness (QED) is 0.854. The summed E-state index contributed by atoms with van der Waals surface area (Å²) in [5, 5.41) is 10.1. The first-order valence-electron chi connectivity index (χ1n) is 6.22. The summed E-state index contributed by atoms with van der Waals surface area (Å²) >= 11 is 0. The Kier molecular flexibility index (Phi) is 2.40. The first kappa shape index (κ1) is 11.0. The largest absolute Gasteiger partial charge is 0.487 e.